The Morgan fingerprint density at radius 2 is 1.86 bits per heavy atom. The van der Waals surface area contributed by atoms with Crippen LogP contribution in [-0.4, -0.2) is 38.0 Å². The van der Waals surface area contributed by atoms with Gasteiger partial charge >= 0.3 is 17.9 Å². The van der Waals surface area contributed by atoms with Crippen molar-refractivity contribution in [2.45, 2.75) is 26.0 Å². The van der Waals surface area contributed by atoms with Crippen molar-refractivity contribution in [1.29, 1.82) is 0 Å². The highest BCUT2D eigenvalue weighted by Gasteiger charge is 2.28. The van der Waals surface area contributed by atoms with Gasteiger partial charge in [0.1, 0.15) is 22.0 Å². The molecule has 0 saturated carbocycles. The van der Waals surface area contributed by atoms with E-state index in [0.717, 1.165) is 16.2 Å². The summed E-state index contributed by atoms with van der Waals surface area (Å²) in [7, 11) is 2.36. The number of hydrogen-bond donors (Lipinski definition) is 2. The fourth-order valence-corrected chi connectivity index (χ4v) is 4.30. The number of amides is 1. The molecule has 1 unspecified atom stereocenters. The SMILES string of the molecule is COC(=O)c1sc(N)c(C(=O)OC)c1COC(=O)CC(NC(C)=O)c1cccs1. The third-order valence-electron chi connectivity index (χ3n) is 3.81. The first-order valence-electron chi connectivity index (χ1n) is 8.32. The molecule has 0 radical (unpaired) electrons. The Labute approximate surface area is 174 Å². The number of carbonyl (C=O) groups is 4. The topological polar surface area (TPSA) is 134 Å². The minimum Gasteiger partial charge on any atom is -0.465 e. The first-order chi connectivity index (χ1) is 13.8. The van der Waals surface area contributed by atoms with Crippen molar-refractivity contribution in [3.63, 3.8) is 0 Å². The van der Waals surface area contributed by atoms with Crippen LogP contribution in [0.5, 0.6) is 0 Å². The number of methoxy groups -OCH3 is 2. The van der Waals surface area contributed by atoms with E-state index >= 15 is 0 Å². The molecule has 0 saturated heterocycles. The molecule has 11 heteroatoms. The van der Waals surface area contributed by atoms with Gasteiger partial charge in [-0.05, 0) is 11.4 Å². The average Bonchev–Trinajstić information content (AvgIpc) is 3.32. The van der Waals surface area contributed by atoms with Crippen LogP contribution in [0.3, 0.4) is 0 Å². The normalized spacial score (nSPS) is 11.4. The van der Waals surface area contributed by atoms with E-state index in [1.165, 1.54) is 32.5 Å². The van der Waals surface area contributed by atoms with Gasteiger partial charge in [0.25, 0.3) is 0 Å². The van der Waals surface area contributed by atoms with E-state index in [9.17, 15) is 19.2 Å². The second kappa shape index (κ2) is 10.0. The number of nitrogens with one attached hydrogen (secondary N) is 1. The molecule has 3 N–H and O–H groups in total. The van der Waals surface area contributed by atoms with E-state index in [2.05, 4.69) is 5.32 Å². The fourth-order valence-electron chi connectivity index (χ4n) is 2.54. The van der Waals surface area contributed by atoms with Crippen molar-refractivity contribution >= 4 is 51.5 Å². The molecule has 0 bridgehead atoms. The lowest BCUT2D eigenvalue weighted by atomic mass is 10.1. The van der Waals surface area contributed by atoms with Gasteiger partial charge in [-0.25, -0.2) is 9.59 Å². The summed E-state index contributed by atoms with van der Waals surface area (Å²) in [6.45, 7) is 0.976. The molecule has 0 fully saturated rings. The average molecular weight is 440 g/mol. The molecule has 156 valence electrons. The van der Waals surface area contributed by atoms with Crippen molar-refractivity contribution in [2.75, 3.05) is 20.0 Å². The Bertz CT molecular complexity index is 906. The number of carbonyl (C=O) groups excluding carboxylic acids is 4. The maximum atomic E-state index is 12.4. The summed E-state index contributed by atoms with van der Waals surface area (Å²) in [5, 5.41) is 4.58. The monoisotopic (exact) mass is 440 g/mol. The molecule has 0 aliphatic carbocycles. The van der Waals surface area contributed by atoms with Crippen LogP contribution >= 0.6 is 22.7 Å². The van der Waals surface area contributed by atoms with Crippen molar-refractivity contribution < 1.29 is 33.4 Å². The highest BCUT2D eigenvalue weighted by molar-refractivity contribution is 7.18. The van der Waals surface area contributed by atoms with Gasteiger partial charge in [-0.15, -0.1) is 22.7 Å². The van der Waals surface area contributed by atoms with Gasteiger partial charge in [-0.2, -0.15) is 0 Å². The lowest BCUT2D eigenvalue weighted by Crippen LogP contribution is -2.28. The molecule has 0 spiro atoms. The summed E-state index contributed by atoms with van der Waals surface area (Å²) in [6.07, 6.45) is -0.124. The van der Waals surface area contributed by atoms with Gasteiger partial charge in [0.05, 0.1) is 26.7 Å². The zero-order valence-electron chi connectivity index (χ0n) is 16.0. The van der Waals surface area contributed by atoms with Crippen LogP contribution in [0.2, 0.25) is 0 Å². The molecule has 0 aliphatic heterocycles. The number of rotatable bonds is 8. The van der Waals surface area contributed by atoms with Gasteiger partial charge < -0.3 is 25.3 Å². The second-order valence-corrected chi connectivity index (χ2v) is 7.80. The molecule has 1 amide bonds. The number of nitrogens with two attached hydrogens (primary N) is 1. The minimum atomic E-state index is -0.755. The van der Waals surface area contributed by atoms with Gasteiger partial charge in [-0.3, -0.25) is 9.59 Å². The van der Waals surface area contributed by atoms with Crippen LogP contribution in [0.4, 0.5) is 5.00 Å². The van der Waals surface area contributed by atoms with Gasteiger partial charge in [-0.1, -0.05) is 6.07 Å². The second-order valence-electron chi connectivity index (χ2n) is 5.77. The summed E-state index contributed by atoms with van der Waals surface area (Å²) in [5.74, 6) is -2.39. The van der Waals surface area contributed by atoms with E-state index < -0.39 is 23.9 Å². The Morgan fingerprint density at radius 1 is 1.17 bits per heavy atom. The predicted octanol–water partition coefficient (Wildman–Crippen LogP) is 2.28. The van der Waals surface area contributed by atoms with Crippen molar-refractivity contribution in [1.82, 2.24) is 5.32 Å². The van der Waals surface area contributed by atoms with Gasteiger partial charge in [0.15, 0.2) is 0 Å². The first-order valence-corrected chi connectivity index (χ1v) is 10.0. The maximum absolute atomic E-state index is 12.4. The third kappa shape index (κ3) is 5.55. The summed E-state index contributed by atoms with van der Waals surface area (Å²) >= 11 is 2.24. The lowest BCUT2D eigenvalue weighted by molar-refractivity contribution is -0.145. The van der Waals surface area contributed by atoms with Crippen LogP contribution in [-0.2, 0) is 30.4 Å². The summed E-state index contributed by atoms with van der Waals surface area (Å²) in [4.78, 5) is 48.7. The maximum Gasteiger partial charge on any atom is 0.348 e. The first kappa shape index (κ1) is 22.4. The summed E-state index contributed by atoms with van der Waals surface area (Å²) in [5.41, 5.74) is 5.92. The summed E-state index contributed by atoms with van der Waals surface area (Å²) < 4.78 is 14.7. The minimum absolute atomic E-state index is 0.0395. The lowest BCUT2D eigenvalue weighted by Gasteiger charge is -2.16. The molecule has 2 heterocycles. The van der Waals surface area contributed by atoms with E-state index in [1.54, 1.807) is 12.1 Å². The molecule has 29 heavy (non-hydrogen) atoms. The van der Waals surface area contributed by atoms with Gasteiger partial charge in [0, 0.05) is 17.4 Å². The van der Waals surface area contributed by atoms with Crippen LogP contribution in [0.25, 0.3) is 0 Å². The quantitative estimate of drug-likeness (QED) is 0.472. The number of thiophene rings is 2. The van der Waals surface area contributed by atoms with Crippen molar-refractivity contribution in [3.05, 3.63) is 38.4 Å². The smallest absolute Gasteiger partial charge is 0.348 e. The van der Waals surface area contributed by atoms with Crippen molar-refractivity contribution in [2.24, 2.45) is 0 Å². The van der Waals surface area contributed by atoms with E-state index in [0.29, 0.717) is 0 Å². The Balaban J connectivity index is 2.19. The highest BCUT2D eigenvalue weighted by Crippen LogP contribution is 2.33. The molecule has 1 atom stereocenters. The molecule has 2 rings (SSSR count). The number of hydrogen-bond acceptors (Lipinski definition) is 10. The Kier molecular flexibility index (Phi) is 7.74. The van der Waals surface area contributed by atoms with Gasteiger partial charge in [0.2, 0.25) is 5.91 Å². The molecule has 9 nitrogen and oxygen atoms in total. The largest absolute Gasteiger partial charge is 0.465 e. The number of anilines is 1. The van der Waals surface area contributed by atoms with Crippen molar-refractivity contribution in [3.8, 4) is 0 Å². The zero-order chi connectivity index (χ0) is 21.6. The molecular weight excluding hydrogens is 420 g/mol. The number of ether oxygens (including phenoxy) is 3. The van der Waals surface area contributed by atoms with Crippen LogP contribution < -0.4 is 11.1 Å². The standard InChI is InChI=1S/C18H20N2O7S2/c1-9(21)20-11(12-5-4-6-28-12)7-13(22)27-8-10-14(17(23)25-2)16(19)29-15(10)18(24)26-3/h4-6,11H,7-8,19H2,1-3H3,(H,20,21). The molecule has 0 aliphatic rings. The molecule has 2 aromatic heterocycles. The van der Waals surface area contributed by atoms with Crippen LogP contribution in [0.1, 0.15) is 49.9 Å². The molecule has 0 aromatic carbocycles. The number of nitrogen functional groups attached to an aromatic ring is 1. The van der Waals surface area contributed by atoms with E-state index in [4.69, 9.17) is 19.9 Å². The fraction of sp³-hybridized carbons (Fsp3) is 0.333. The van der Waals surface area contributed by atoms with E-state index in [1.807, 2.05) is 5.38 Å². The van der Waals surface area contributed by atoms with Crippen LogP contribution in [0.15, 0.2) is 17.5 Å². The third-order valence-corrected chi connectivity index (χ3v) is 5.83. The predicted molar refractivity (Wildman–Crippen MR) is 107 cm³/mol. The van der Waals surface area contributed by atoms with Crippen LogP contribution in [0, 0.1) is 0 Å². The number of esters is 3. The Morgan fingerprint density at radius 3 is 2.41 bits per heavy atom. The Hall–Kier alpha value is -2.92. The van der Waals surface area contributed by atoms with E-state index in [-0.39, 0.29) is 39.9 Å². The summed E-state index contributed by atoms with van der Waals surface area (Å²) in [6, 6.07) is 3.05. The molecule has 2 aromatic rings. The molecular formula is C18H20N2O7S2. The zero-order valence-corrected chi connectivity index (χ0v) is 17.6. The highest BCUT2D eigenvalue weighted by atomic mass is 32.1.